The highest BCUT2D eigenvalue weighted by Gasteiger charge is 2.11. The van der Waals surface area contributed by atoms with Gasteiger partial charge in [0.2, 0.25) is 0 Å². The lowest BCUT2D eigenvalue weighted by atomic mass is 10.1. The Labute approximate surface area is 88.0 Å². The van der Waals surface area contributed by atoms with Crippen molar-refractivity contribution < 1.29 is 9.53 Å². The third kappa shape index (κ3) is 8.09. The molecule has 0 aromatic carbocycles. The van der Waals surface area contributed by atoms with Crippen LogP contribution in [-0.2, 0) is 9.53 Å². The Hall–Kier alpha value is -0.530. The highest BCUT2D eigenvalue weighted by molar-refractivity contribution is 5.69. The van der Waals surface area contributed by atoms with E-state index in [-0.39, 0.29) is 12.1 Å². The van der Waals surface area contributed by atoms with Crippen molar-refractivity contribution in [2.24, 2.45) is 11.8 Å². The second-order valence-electron chi connectivity index (χ2n) is 4.87. The molecule has 0 unspecified atom stereocenters. The van der Waals surface area contributed by atoms with E-state index in [1.165, 1.54) is 0 Å². The molecule has 2 nitrogen and oxygen atoms in total. The lowest BCUT2D eigenvalue weighted by Crippen LogP contribution is -2.16. The van der Waals surface area contributed by atoms with Gasteiger partial charge in [0.25, 0.3) is 0 Å². The van der Waals surface area contributed by atoms with Gasteiger partial charge in [-0.25, -0.2) is 0 Å². The van der Waals surface area contributed by atoms with Gasteiger partial charge < -0.3 is 4.74 Å². The van der Waals surface area contributed by atoms with Crippen LogP contribution in [0.4, 0.5) is 0 Å². The van der Waals surface area contributed by atoms with Gasteiger partial charge in [-0.3, -0.25) is 4.79 Å². The molecule has 0 aromatic rings. The van der Waals surface area contributed by atoms with Crippen LogP contribution in [0.15, 0.2) is 0 Å². The van der Waals surface area contributed by atoms with Crippen LogP contribution in [-0.4, -0.2) is 12.1 Å². The van der Waals surface area contributed by atoms with E-state index in [1.807, 2.05) is 20.8 Å². The molecule has 84 valence electrons. The first-order valence-corrected chi connectivity index (χ1v) is 5.61. The molecule has 0 amide bonds. The third-order valence-corrected chi connectivity index (χ3v) is 2.06. The van der Waals surface area contributed by atoms with E-state index in [0.717, 1.165) is 12.8 Å². The van der Waals surface area contributed by atoms with E-state index in [1.54, 1.807) is 0 Å². The summed E-state index contributed by atoms with van der Waals surface area (Å²) in [6.45, 7) is 10.4. The number of hydrogen-bond donors (Lipinski definition) is 0. The van der Waals surface area contributed by atoms with Gasteiger partial charge in [-0.1, -0.05) is 27.7 Å². The largest absolute Gasteiger partial charge is 0.463 e. The van der Waals surface area contributed by atoms with Crippen LogP contribution >= 0.6 is 0 Å². The standard InChI is InChI=1S/C12H24O2/c1-9(2)6-7-11(5)14-12(13)8-10(3)4/h9-11H,6-8H2,1-5H3/t11-/m0/s1. The fourth-order valence-electron chi connectivity index (χ4n) is 1.23. The van der Waals surface area contributed by atoms with E-state index < -0.39 is 0 Å². The average Bonchev–Trinajstić information content (AvgIpc) is 1.98. The maximum atomic E-state index is 11.3. The average molecular weight is 200 g/mol. The second-order valence-corrected chi connectivity index (χ2v) is 4.87. The Morgan fingerprint density at radius 1 is 1.00 bits per heavy atom. The highest BCUT2D eigenvalue weighted by atomic mass is 16.5. The quantitative estimate of drug-likeness (QED) is 0.614. The van der Waals surface area contributed by atoms with Gasteiger partial charge >= 0.3 is 5.97 Å². The van der Waals surface area contributed by atoms with Crippen molar-refractivity contribution in [2.75, 3.05) is 0 Å². The van der Waals surface area contributed by atoms with Gasteiger partial charge in [0, 0.05) is 6.42 Å². The second kappa shape index (κ2) is 6.86. The van der Waals surface area contributed by atoms with Gasteiger partial charge in [-0.05, 0) is 31.6 Å². The summed E-state index contributed by atoms with van der Waals surface area (Å²) in [4.78, 5) is 11.3. The van der Waals surface area contributed by atoms with E-state index >= 15 is 0 Å². The Morgan fingerprint density at radius 3 is 2.00 bits per heavy atom. The first-order valence-electron chi connectivity index (χ1n) is 5.61. The molecular weight excluding hydrogens is 176 g/mol. The minimum absolute atomic E-state index is 0.0590. The molecule has 0 aliphatic heterocycles. The molecule has 0 heterocycles. The van der Waals surface area contributed by atoms with E-state index in [2.05, 4.69) is 13.8 Å². The van der Waals surface area contributed by atoms with Crippen LogP contribution in [0.2, 0.25) is 0 Å². The SMILES string of the molecule is CC(C)CC[C@H](C)OC(=O)CC(C)C. The smallest absolute Gasteiger partial charge is 0.306 e. The normalized spacial score (nSPS) is 13.4. The van der Waals surface area contributed by atoms with E-state index in [9.17, 15) is 4.79 Å². The number of rotatable bonds is 6. The van der Waals surface area contributed by atoms with Crippen LogP contribution in [0, 0.1) is 11.8 Å². The number of ether oxygens (including phenoxy) is 1. The molecule has 0 radical (unpaired) electrons. The Morgan fingerprint density at radius 2 is 1.57 bits per heavy atom. The molecule has 0 aliphatic rings. The van der Waals surface area contributed by atoms with Crippen molar-refractivity contribution in [1.29, 1.82) is 0 Å². The lowest BCUT2D eigenvalue weighted by molar-refractivity contribution is -0.149. The van der Waals surface area contributed by atoms with Crippen molar-refractivity contribution in [2.45, 2.75) is 60.0 Å². The van der Waals surface area contributed by atoms with Crippen LogP contribution in [0.5, 0.6) is 0 Å². The topological polar surface area (TPSA) is 26.3 Å². The van der Waals surface area contributed by atoms with E-state index in [0.29, 0.717) is 18.3 Å². The molecule has 1 atom stereocenters. The summed E-state index contributed by atoms with van der Waals surface area (Å²) in [5.74, 6) is 1.01. The maximum Gasteiger partial charge on any atom is 0.306 e. The zero-order valence-corrected chi connectivity index (χ0v) is 10.2. The van der Waals surface area contributed by atoms with Crippen molar-refractivity contribution in [3.63, 3.8) is 0 Å². The molecule has 2 heteroatoms. The molecule has 0 N–H and O–H groups in total. The Kier molecular flexibility index (Phi) is 6.60. The van der Waals surface area contributed by atoms with Crippen LogP contribution in [0.1, 0.15) is 53.9 Å². The minimum atomic E-state index is -0.0590. The van der Waals surface area contributed by atoms with Crippen LogP contribution < -0.4 is 0 Å². The summed E-state index contributed by atoms with van der Waals surface area (Å²) in [5, 5.41) is 0. The first kappa shape index (κ1) is 13.5. The fraction of sp³-hybridized carbons (Fsp3) is 0.917. The van der Waals surface area contributed by atoms with E-state index in [4.69, 9.17) is 4.74 Å². The summed E-state index contributed by atoms with van der Waals surface area (Å²) in [5.41, 5.74) is 0. The van der Waals surface area contributed by atoms with Crippen LogP contribution in [0.25, 0.3) is 0 Å². The summed E-state index contributed by atoms with van der Waals surface area (Å²) < 4.78 is 5.27. The van der Waals surface area contributed by atoms with Crippen molar-refractivity contribution in [1.82, 2.24) is 0 Å². The van der Waals surface area contributed by atoms with Gasteiger partial charge in [0.15, 0.2) is 0 Å². The van der Waals surface area contributed by atoms with Crippen molar-refractivity contribution in [3.05, 3.63) is 0 Å². The van der Waals surface area contributed by atoms with Crippen LogP contribution in [0.3, 0.4) is 0 Å². The lowest BCUT2D eigenvalue weighted by Gasteiger charge is -2.15. The van der Waals surface area contributed by atoms with Gasteiger partial charge in [0.05, 0.1) is 6.10 Å². The molecule has 0 spiro atoms. The molecule has 0 saturated carbocycles. The van der Waals surface area contributed by atoms with Gasteiger partial charge in [-0.15, -0.1) is 0 Å². The molecule has 0 saturated heterocycles. The van der Waals surface area contributed by atoms with Crippen molar-refractivity contribution >= 4 is 5.97 Å². The summed E-state index contributed by atoms with van der Waals surface area (Å²) in [6, 6.07) is 0. The number of carbonyl (C=O) groups is 1. The minimum Gasteiger partial charge on any atom is -0.463 e. The van der Waals surface area contributed by atoms with Gasteiger partial charge in [0.1, 0.15) is 0 Å². The zero-order valence-electron chi connectivity index (χ0n) is 10.2. The molecule has 0 fully saturated rings. The number of esters is 1. The van der Waals surface area contributed by atoms with Crippen molar-refractivity contribution in [3.8, 4) is 0 Å². The third-order valence-electron chi connectivity index (χ3n) is 2.06. The molecule has 0 bridgehead atoms. The molecule has 14 heavy (non-hydrogen) atoms. The summed E-state index contributed by atoms with van der Waals surface area (Å²) in [6.07, 6.45) is 2.70. The fourth-order valence-corrected chi connectivity index (χ4v) is 1.23. The molecular formula is C12H24O2. The first-order chi connectivity index (χ1) is 6.41. The zero-order chi connectivity index (χ0) is 11.1. The molecule has 0 aliphatic carbocycles. The van der Waals surface area contributed by atoms with Gasteiger partial charge in [-0.2, -0.15) is 0 Å². The summed E-state index contributed by atoms with van der Waals surface area (Å²) in [7, 11) is 0. The summed E-state index contributed by atoms with van der Waals surface area (Å²) >= 11 is 0. The Bertz CT molecular complexity index is 162. The highest BCUT2D eigenvalue weighted by Crippen LogP contribution is 2.11. The maximum absolute atomic E-state index is 11.3. The molecule has 0 rings (SSSR count). The predicted octanol–water partition coefficient (Wildman–Crippen LogP) is 3.40. The number of carbonyl (C=O) groups excluding carboxylic acids is 1. The molecule has 0 aromatic heterocycles. The predicted molar refractivity (Wildman–Crippen MR) is 59.1 cm³/mol. The monoisotopic (exact) mass is 200 g/mol. The Balaban J connectivity index is 3.60. The number of hydrogen-bond acceptors (Lipinski definition) is 2.